The molecule has 7 aliphatic heterocycles. The number of halogens is 2. The maximum absolute atomic E-state index is 10.7. The highest BCUT2D eigenvalue weighted by Crippen LogP contribution is 2.19. The number of amides is 7. The van der Waals surface area contributed by atoms with Gasteiger partial charge in [0.25, 0.3) is 0 Å². The Labute approximate surface area is 506 Å². The second-order valence-electron chi connectivity index (χ2n) is 20.0. The lowest BCUT2D eigenvalue weighted by molar-refractivity contribution is 0.174. The highest BCUT2D eigenvalue weighted by atomic mass is 79.9. The fourth-order valence-corrected chi connectivity index (χ4v) is 9.15. The normalized spacial score (nSPS) is 20.8. The number of benzene rings is 5. The molecule has 5 aromatic rings. The molecular weight excluding hydrogens is 1210 g/mol. The summed E-state index contributed by atoms with van der Waals surface area (Å²) in [5.41, 5.74) is 7.34. The zero-order chi connectivity index (χ0) is 60.5. The Morgan fingerprint density at radius 2 is 0.702 bits per heavy atom. The molecule has 7 fully saturated rings. The van der Waals surface area contributed by atoms with Gasteiger partial charge >= 0.3 is 42.7 Å². The third-order valence-corrected chi connectivity index (χ3v) is 14.1. The fourth-order valence-electron chi connectivity index (χ4n) is 8.05. The van der Waals surface area contributed by atoms with E-state index < -0.39 is 0 Å². The standard InChI is InChI=1S/2C10H11NO2.2C9H9NO2.C8H8Br2.2C6H11NO2.C3H5NO2/c2*12-10-11-9(7-13-10)6-8-4-2-1-3-5-8;2*11-9-10-8(6-12-9)7-4-2-1-3-5-7;9-5-7-3-1-2-4-8(7)6-10;2*1-4(2)5-3-9-6(8)7-5;5-3-4-1-2-6-3/h2*1-5,9H,6-7H2,(H,11,12);2*1-5,8H,6H2,(H,10,11);1-4H,5-6H2;2*4-5H,3H2,1-2H3,(H,7,8);1-2H2,(H,4,5)/t2*9-;2*8-;;2*5-;/m1010.10./s1. The van der Waals surface area contributed by atoms with Crippen molar-refractivity contribution in [2.75, 3.05) is 52.8 Å². The Bertz CT molecular complexity index is 2610. The molecular formula is C61H75Br2N7O14. The SMILES string of the molecule is BrCc1ccccc1CBr.CC(C)[C@@H]1COC(=O)N1.CC(C)[C@H]1COC(=O)N1.O=C1NCCO1.O=C1N[C@@H](Cc2ccccc2)CO1.O=C1N[C@@H](c2ccccc2)CO1.O=C1N[C@H](Cc2ccccc2)CO1.O=C1N[C@H](c2ccccc2)CO1. The second-order valence-corrected chi connectivity index (χ2v) is 21.1. The van der Waals surface area contributed by atoms with E-state index in [1.807, 2.05) is 121 Å². The minimum absolute atomic E-state index is 0.0266. The van der Waals surface area contributed by atoms with Crippen LogP contribution in [0, 0.1) is 11.8 Å². The molecule has 0 aliphatic carbocycles. The quantitative estimate of drug-likeness (QED) is 0.0507. The van der Waals surface area contributed by atoms with Crippen molar-refractivity contribution >= 4 is 74.5 Å². The first-order valence-corrected chi connectivity index (χ1v) is 29.7. The fraction of sp³-hybridized carbons (Fsp3) is 0.393. The van der Waals surface area contributed by atoms with Crippen LogP contribution < -0.4 is 37.2 Å². The Balaban J connectivity index is 0.000000177. The molecule has 84 heavy (non-hydrogen) atoms. The summed E-state index contributed by atoms with van der Waals surface area (Å²) >= 11 is 6.86. The Hall–Kier alpha value is -8.05. The first-order chi connectivity index (χ1) is 40.6. The summed E-state index contributed by atoms with van der Waals surface area (Å²) in [5.74, 6) is 0.938. The van der Waals surface area contributed by atoms with Gasteiger partial charge in [0.1, 0.15) is 46.2 Å². The number of alkyl carbamates (subject to hydrolysis) is 7. The number of hydrogen-bond acceptors (Lipinski definition) is 14. The number of hydrogen-bond donors (Lipinski definition) is 7. The van der Waals surface area contributed by atoms with E-state index in [2.05, 4.69) is 135 Å². The van der Waals surface area contributed by atoms with Crippen molar-refractivity contribution in [2.24, 2.45) is 11.8 Å². The van der Waals surface area contributed by atoms with Crippen molar-refractivity contribution in [3.63, 3.8) is 0 Å². The van der Waals surface area contributed by atoms with E-state index in [0.717, 1.165) is 34.6 Å². The lowest BCUT2D eigenvalue weighted by Gasteiger charge is -2.09. The number of carbonyl (C=O) groups is 7. The van der Waals surface area contributed by atoms with Crippen LogP contribution in [0.5, 0.6) is 0 Å². The largest absolute Gasteiger partial charge is 0.448 e. The van der Waals surface area contributed by atoms with Gasteiger partial charge in [0.15, 0.2) is 0 Å². The van der Waals surface area contributed by atoms with Crippen LogP contribution in [0.15, 0.2) is 146 Å². The summed E-state index contributed by atoms with van der Waals surface area (Å²) in [4.78, 5) is 73.6. The molecule has 0 bridgehead atoms. The van der Waals surface area contributed by atoms with Crippen LogP contribution in [0.2, 0.25) is 0 Å². The van der Waals surface area contributed by atoms with Gasteiger partial charge in [0, 0.05) is 10.7 Å². The summed E-state index contributed by atoms with van der Waals surface area (Å²) in [7, 11) is 0. The highest BCUT2D eigenvalue weighted by Gasteiger charge is 2.27. The average Bonchev–Trinajstić information content (AvgIpc) is 4.50. The summed E-state index contributed by atoms with van der Waals surface area (Å²) in [6, 6.07) is 48.8. The van der Waals surface area contributed by atoms with Crippen molar-refractivity contribution in [2.45, 2.75) is 87.4 Å². The van der Waals surface area contributed by atoms with Crippen LogP contribution in [0.3, 0.4) is 0 Å². The van der Waals surface area contributed by atoms with Crippen LogP contribution >= 0.6 is 31.9 Å². The van der Waals surface area contributed by atoms with E-state index in [1.165, 1.54) is 22.3 Å². The van der Waals surface area contributed by atoms with Crippen molar-refractivity contribution in [3.05, 3.63) is 179 Å². The van der Waals surface area contributed by atoms with Gasteiger partial charge in [0.05, 0.1) is 42.8 Å². The van der Waals surface area contributed by atoms with Crippen molar-refractivity contribution in [1.82, 2.24) is 37.2 Å². The van der Waals surface area contributed by atoms with E-state index >= 15 is 0 Å². The molecule has 452 valence electrons. The predicted molar refractivity (Wildman–Crippen MR) is 321 cm³/mol. The topological polar surface area (TPSA) is 268 Å². The van der Waals surface area contributed by atoms with Gasteiger partial charge in [0.2, 0.25) is 0 Å². The summed E-state index contributed by atoms with van der Waals surface area (Å²) in [6.45, 7) is 12.3. The van der Waals surface area contributed by atoms with Gasteiger partial charge < -0.3 is 70.4 Å². The van der Waals surface area contributed by atoms with Crippen molar-refractivity contribution in [1.29, 1.82) is 0 Å². The third kappa shape index (κ3) is 25.6. The van der Waals surface area contributed by atoms with Crippen LogP contribution in [0.25, 0.3) is 0 Å². The smallest absolute Gasteiger partial charge is 0.407 e. The van der Waals surface area contributed by atoms with Gasteiger partial charge in [-0.3, -0.25) is 0 Å². The minimum Gasteiger partial charge on any atom is -0.448 e. The Kier molecular flexibility index (Phi) is 29.6. The molecule has 7 aliphatic rings. The molecule has 7 saturated heterocycles. The number of cyclic esters (lactones) is 7. The van der Waals surface area contributed by atoms with Crippen LogP contribution in [0.4, 0.5) is 33.6 Å². The van der Waals surface area contributed by atoms with Gasteiger partial charge in [-0.05, 0) is 58.1 Å². The lowest BCUT2D eigenvalue weighted by Crippen LogP contribution is -2.30. The zero-order valence-electron chi connectivity index (χ0n) is 47.4. The zero-order valence-corrected chi connectivity index (χ0v) is 50.6. The third-order valence-electron chi connectivity index (χ3n) is 12.9. The molecule has 0 spiro atoms. The van der Waals surface area contributed by atoms with Crippen molar-refractivity contribution in [3.8, 4) is 0 Å². The lowest BCUT2D eigenvalue weighted by atomic mass is 10.1. The summed E-state index contributed by atoms with van der Waals surface area (Å²) in [5, 5.41) is 20.6. The van der Waals surface area contributed by atoms with Gasteiger partial charge in [-0.25, -0.2) is 33.6 Å². The highest BCUT2D eigenvalue weighted by molar-refractivity contribution is 9.09. The predicted octanol–water partition coefficient (Wildman–Crippen LogP) is 10.3. The monoisotopic (exact) mass is 1290 g/mol. The van der Waals surface area contributed by atoms with E-state index in [-0.39, 0.29) is 78.9 Å². The molecule has 12 rings (SSSR count). The van der Waals surface area contributed by atoms with Crippen LogP contribution in [-0.4, -0.2) is 120 Å². The van der Waals surface area contributed by atoms with Crippen molar-refractivity contribution < 1.29 is 66.7 Å². The molecule has 5 aromatic carbocycles. The van der Waals surface area contributed by atoms with Gasteiger partial charge in [-0.2, -0.15) is 0 Å². The number of alkyl halides is 2. The number of ether oxygens (including phenoxy) is 7. The average molecular weight is 1290 g/mol. The number of carbonyl (C=O) groups excluding carboxylic acids is 7. The molecule has 7 amide bonds. The molecule has 0 aromatic heterocycles. The Morgan fingerprint density at radius 1 is 0.381 bits per heavy atom. The van der Waals surface area contributed by atoms with Crippen LogP contribution in [0.1, 0.15) is 73.2 Å². The molecule has 0 unspecified atom stereocenters. The Morgan fingerprint density at radius 3 is 0.940 bits per heavy atom. The van der Waals surface area contributed by atoms with Crippen LogP contribution in [-0.2, 0) is 56.7 Å². The van der Waals surface area contributed by atoms with E-state index in [0.29, 0.717) is 64.6 Å². The number of rotatable bonds is 10. The summed E-state index contributed by atoms with van der Waals surface area (Å²) in [6.07, 6.45) is -0.453. The van der Waals surface area contributed by atoms with Gasteiger partial charge in [-0.15, -0.1) is 0 Å². The minimum atomic E-state index is -0.330. The number of nitrogens with one attached hydrogen (secondary N) is 7. The first kappa shape index (κ1) is 66.7. The first-order valence-electron chi connectivity index (χ1n) is 27.5. The molecule has 23 heteroatoms. The van der Waals surface area contributed by atoms with E-state index in [4.69, 9.17) is 18.9 Å². The maximum atomic E-state index is 10.7. The molecule has 0 saturated carbocycles. The van der Waals surface area contributed by atoms with Gasteiger partial charge in [-0.1, -0.05) is 205 Å². The molecule has 6 atom stereocenters. The second kappa shape index (κ2) is 37.2. The molecule has 7 heterocycles. The maximum Gasteiger partial charge on any atom is 0.407 e. The van der Waals surface area contributed by atoms with E-state index in [9.17, 15) is 33.6 Å². The van der Waals surface area contributed by atoms with E-state index in [1.54, 1.807) is 0 Å². The molecule has 0 radical (unpaired) electrons. The molecule has 7 N–H and O–H groups in total. The molecule has 21 nitrogen and oxygen atoms in total. The summed E-state index contributed by atoms with van der Waals surface area (Å²) < 4.78 is 32.9.